The molecule has 0 aromatic heterocycles. The second kappa shape index (κ2) is 23.9. The fourth-order valence-electron chi connectivity index (χ4n) is 6.94. The summed E-state index contributed by atoms with van der Waals surface area (Å²) >= 11 is 0. The number of hydrogen-bond acceptors (Lipinski definition) is 0. The van der Waals surface area contributed by atoms with Crippen LogP contribution in [0.25, 0.3) is 0 Å². The Morgan fingerprint density at radius 2 is 0.854 bits per heavy atom. The molecular formula is C41H66. The van der Waals surface area contributed by atoms with E-state index in [1.165, 1.54) is 165 Å². The summed E-state index contributed by atoms with van der Waals surface area (Å²) in [6.07, 6.45) is 33.5. The van der Waals surface area contributed by atoms with Crippen molar-refractivity contribution < 1.29 is 0 Å². The minimum absolute atomic E-state index is 0.161. The van der Waals surface area contributed by atoms with Crippen LogP contribution < -0.4 is 0 Å². The van der Waals surface area contributed by atoms with Crippen molar-refractivity contribution in [3.63, 3.8) is 0 Å². The normalized spacial score (nSPS) is 13.7. The lowest BCUT2D eigenvalue weighted by Gasteiger charge is -2.39. The van der Waals surface area contributed by atoms with Crippen LogP contribution >= 0.6 is 0 Å². The lowest BCUT2D eigenvalue weighted by atomic mass is 9.64. The van der Waals surface area contributed by atoms with Gasteiger partial charge in [-0.2, -0.15) is 0 Å². The highest BCUT2D eigenvalue weighted by Gasteiger charge is 2.36. The number of unbranched alkanes of at least 4 members (excludes halogenated alkanes) is 20. The highest BCUT2D eigenvalue weighted by atomic mass is 14.4. The van der Waals surface area contributed by atoms with E-state index in [0.29, 0.717) is 5.92 Å². The van der Waals surface area contributed by atoms with E-state index in [-0.39, 0.29) is 5.41 Å². The molecule has 0 heteroatoms. The predicted octanol–water partition coefficient (Wildman–Crippen LogP) is 13.7. The van der Waals surface area contributed by atoms with E-state index in [4.69, 9.17) is 0 Å². The molecule has 0 saturated carbocycles. The third-order valence-electron chi connectivity index (χ3n) is 9.69. The number of hydrogen-bond donors (Lipinski definition) is 0. The van der Waals surface area contributed by atoms with Gasteiger partial charge in [0.1, 0.15) is 0 Å². The molecule has 0 bridgehead atoms. The molecule has 0 N–H and O–H groups in total. The summed E-state index contributed by atoms with van der Waals surface area (Å²) in [7, 11) is 0. The molecule has 0 spiro atoms. The Morgan fingerprint density at radius 1 is 0.488 bits per heavy atom. The van der Waals surface area contributed by atoms with Crippen LogP contribution in [0.5, 0.6) is 0 Å². The van der Waals surface area contributed by atoms with Crippen LogP contribution in [0.1, 0.15) is 192 Å². The van der Waals surface area contributed by atoms with Crippen LogP contribution in [-0.2, 0) is 5.41 Å². The number of rotatable bonds is 27. The van der Waals surface area contributed by atoms with Gasteiger partial charge in [-0.3, -0.25) is 0 Å². The molecule has 0 amide bonds. The van der Waals surface area contributed by atoms with E-state index in [0.717, 1.165) is 0 Å². The van der Waals surface area contributed by atoms with Gasteiger partial charge < -0.3 is 0 Å². The predicted molar refractivity (Wildman–Crippen MR) is 183 cm³/mol. The Balaban J connectivity index is 1.86. The van der Waals surface area contributed by atoms with Crippen LogP contribution in [0.2, 0.25) is 0 Å². The monoisotopic (exact) mass is 559 g/mol. The van der Waals surface area contributed by atoms with Gasteiger partial charge in [-0.1, -0.05) is 211 Å². The van der Waals surface area contributed by atoms with Gasteiger partial charge >= 0.3 is 0 Å². The van der Waals surface area contributed by atoms with Gasteiger partial charge in [0.25, 0.3) is 0 Å². The average Bonchev–Trinajstić information content (AvgIpc) is 3.01. The van der Waals surface area contributed by atoms with E-state index in [1.54, 1.807) is 0 Å². The molecule has 2 aromatic rings. The summed E-state index contributed by atoms with van der Waals surface area (Å²) in [6.45, 7) is 7.18. The highest BCUT2D eigenvalue weighted by Crippen LogP contribution is 2.45. The Morgan fingerprint density at radius 3 is 1.29 bits per heavy atom. The Bertz CT molecular complexity index is 808. The minimum atomic E-state index is 0.161. The molecule has 0 aliphatic rings. The van der Waals surface area contributed by atoms with E-state index in [1.807, 2.05) is 0 Å². The second-order valence-corrected chi connectivity index (χ2v) is 13.2. The zero-order valence-electron chi connectivity index (χ0n) is 27.7. The molecule has 2 atom stereocenters. The van der Waals surface area contributed by atoms with Gasteiger partial charge in [-0.25, -0.2) is 0 Å². The van der Waals surface area contributed by atoms with Gasteiger partial charge in [0.05, 0.1) is 0 Å². The fraction of sp³-hybridized carbons (Fsp3) is 0.707. The van der Waals surface area contributed by atoms with Crippen LogP contribution in [0.4, 0.5) is 0 Å². The van der Waals surface area contributed by atoms with Crippen molar-refractivity contribution in [1.82, 2.24) is 0 Å². The zero-order valence-corrected chi connectivity index (χ0v) is 27.7. The van der Waals surface area contributed by atoms with Crippen molar-refractivity contribution in [1.29, 1.82) is 0 Å². The first-order valence-corrected chi connectivity index (χ1v) is 18.1. The van der Waals surface area contributed by atoms with Crippen LogP contribution in [-0.4, -0.2) is 0 Å². The lowest BCUT2D eigenvalue weighted by molar-refractivity contribution is 0.312. The second-order valence-electron chi connectivity index (χ2n) is 13.2. The van der Waals surface area contributed by atoms with Gasteiger partial charge in [0.2, 0.25) is 0 Å². The first kappa shape index (κ1) is 35.6. The largest absolute Gasteiger partial charge is 0.0654 e. The summed E-state index contributed by atoms with van der Waals surface area (Å²) in [4.78, 5) is 0. The molecule has 230 valence electrons. The first-order valence-electron chi connectivity index (χ1n) is 18.1. The summed E-state index contributed by atoms with van der Waals surface area (Å²) in [5.41, 5.74) is 3.17. The molecule has 0 aliphatic carbocycles. The van der Waals surface area contributed by atoms with Gasteiger partial charge in [0.15, 0.2) is 0 Å². The van der Waals surface area contributed by atoms with E-state index in [9.17, 15) is 0 Å². The minimum Gasteiger partial charge on any atom is -0.0654 e. The fourth-order valence-corrected chi connectivity index (χ4v) is 6.94. The quantitative estimate of drug-likeness (QED) is 0.0956. The summed E-state index contributed by atoms with van der Waals surface area (Å²) in [5.74, 6) is 0.557. The van der Waals surface area contributed by atoms with Crippen molar-refractivity contribution in [3.05, 3.63) is 71.8 Å². The maximum atomic E-state index is 3.28. The Kier molecular flexibility index (Phi) is 20.8. The maximum Gasteiger partial charge on any atom is -0.000665 e. The average molecular weight is 559 g/mol. The molecular weight excluding hydrogens is 492 g/mol. The molecule has 0 fully saturated rings. The zero-order chi connectivity index (χ0) is 29.3. The van der Waals surface area contributed by atoms with Crippen molar-refractivity contribution in [2.45, 2.75) is 186 Å². The molecule has 2 aromatic carbocycles. The smallest absolute Gasteiger partial charge is 0.000665 e. The molecule has 2 unspecified atom stereocenters. The topological polar surface area (TPSA) is 0 Å². The summed E-state index contributed by atoms with van der Waals surface area (Å²) < 4.78 is 0. The molecule has 2 radical (unpaired) electrons. The molecule has 0 heterocycles. The van der Waals surface area contributed by atoms with Crippen LogP contribution in [0.3, 0.4) is 0 Å². The Labute approximate surface area is 257 Å². The first-order chi connectivity index (χ1) is 20.2. The Hall–Kier alpha value is -1.56. The lowest BCUT2D eigenvalue weighted by Crippen LogP contribution is -2.31. The highest BCUT2D eigenvalue weighted by molar-refractivity contribution is 5.33. The van der Waals surface area contributed by atoms with Crippen molar-refractivity contribution in [3.8, 4) is 0 Å². The molecule has 2 rings (SSSR count). The molecule has 41 heavy (non-hydrogen) atoms. The summed E-state index contributed by atoms with van der Waals surface area (Å²) in [6, 6.07) is 24.5. The standard InChI is InChI=1S/C41H66/c1-4-6-8-10-12-14-16-18-20-22-30-36-40(38-32-26-24-27-33-38)41(3,39-34-28-25-29-35-39)37-31-23-21-19-17-15-13-11-9-7-5-2/h26-29,32-35,40H,4-23,30-31,36-37H2,1-3H3. The third-order valence-corrected chi connectivity index (χ3v) is 9.69. The molecule has 0 saturated heterocycles. The van der Waals surface area contributed by atoms with E-state index in [2.05, 4.69) is 81.4 Å². The van der Waals surface area contributed by atoms with E-state index < -0.39 is 0 Å². The van der Waals surface area contributed by atoms with Gasteiger partial charge in [0, 0.05) is 0 Å². The van der Waals surface area contributed by atoms with Crippen molar-refractivity contribution >= 4 is 0 Å². The summed E-state index contributed by atoms with van der Waals surface area (Å²) in [5, 5.41) is 0. The SMILES string of the molecule is CCCCCCCCCCCCCC(c1cc[c]cc1)C(C)(CCCCCCCCCCCCC)c1cc[c]cc1. The van der Waals surface area contributed by atoms with Crippen LogP contribution in [0.15, 0.2) is 48.5 Å². The third kappa shape index (κ3) is 15.5. The molecule has 0 nitrogen and oxygen atoms in total. The van der Waals surface area contributed by atoms with Crippen LogP contribution in [0, 0.1) is 12.1 Å². The van der Waals surface area contributed by atoms with E-state index >= 15 is 0 Å². The van der Waals surface area contributed by atoms with Gasteiger partial charge in [-0.05, 0) is 47.4 Å². The maximum absolute atomic E-state index is 3.28. The molecule has 0 aliphatic heterocycles. The van der Waals surface area contributed by atoms with Crippen molar-refractivity contribution in [2.24, 2.45) is 0 Å². The van der Waals surface area contributed by atoms with Crippen molar-refractivity contribution in [2.75, 3.05) is 0 Å². The number of benzene rings is 2. The van der Waals surface area contributed by atoms with Gasteiger partial charge in [-0.15, -0.1) is 0 Å².